The van der Waals surface area contributed by atoms with Gasteiger partial charge in [-0.2, -0.15) is 0 Å². The smallest absolute Gasteiger partial charge is 0.234 e. The van der Waals surface area contributed by atoms with Crippen LogP contribution in [-0.4, -0.2) is 43.3 Å². The van der Waals surface area contributed by atoms with Gasteiger partial charge in [-0.05, 0) is 24.1 Å². The largest absolute Gasteiger partial charge is 0.468 e. The fraction of sp³-hybridized carbons (Fsp3) is 0.389. The Balaban J connectivity index is 1.61. The van der Waals surface area contributed by atoms with Gasteiger partial charge in [0.05, 0.1) is 30.9 Å². The van der Waals surface area contributed by atoms with Crippen LogP contribution in [0.2, 0.25) is 0 Å². The highest BCUT2D eigenvalue weighted by molar-refractivity contribution is 7.91. The molecule has 134 valence electrons. The molecule has 1 amide bonds. The Kier molecular flexibility index (Phi) is 5.55. The summed E-state index contributed by atoms with van der Waals surface area (Å²) in [6, 6.07) is 13.3. The zero-order valence-corrected chi connectivity index (χ0v) is 14.7. The number of sulfone groups is 1. The number of amides is 1. The van der Waals surface area contributed by atoms with Crippen LogP contribution in [0.5, 0.6) is 0 Å². The standard InChI is InChI=1S/C18H22N2O4S/c21-18(19-16-8-10-25(22,23)14-16)13-20(12-17-7-4-9-24-17)11-15-5-2-1-3-6-15/h1-7,9,16H,8,10-14H2,(H,19,21)/t16-/m1/s1. The van der Waals surface area contributed by atoms with Crippen molar-refractivity contribution in [3.63, 3.8) is 0 Å². The van der Waals surface area contributed by atoms with Crippen LogP contribution in [0.15, 0.2) is 53.1 Å². The van der Waals surface area contributed by atoms with Gasteiger partial charge in [-0.25, -0.2) is 8.42 Å². The van der Waals surface area contributed by atoms with Gasteiger partial charge >= 0.3 is 0 Å². The topological polar surface area (TPSA) is 79.6 Å². The van der Waals surface area contributed by atoms with E-state index in [1.54, 1.807) is 6.26 Å². The third kappa shape index (κ3) is 5.44. The number of carbonyl (C=O) groups is 1. The van der Waals surface area contributed by atoms with E-state index in [-0.39, 0.29) is 30.0 Å². The number of hydrogen-bond acceptors (Lipinski definition) is 5. The van der Waals surface area contributed by atoms with E-state index in [2.05, 4.69) is 5.32 Å². The molecule has 1 aromatic heterocycles. The van der Waals surface area contributed by atoms with Crippen molar-refractivity contribution in [3.8, 4) is 0 Å². The van der Waals surface area contributed by atoms with Crippen LogP contribution in [0.3, 0.4) is 0 Å². The molecule has 0 unspecified atom stereocenters. The van der Waals surface area contributed by atoms with Gasteiger partial charge in [-0.1, -0.05) is 30.3 Å². The number of hydrogen-bond donors (Lipinski definition) is 1. The second-order valence-electron chi connectivity index (χ2n) is 6.38. The molecular weight excluding hydrogens is 340 g/mol. The third-order valence-corrected chi connectivity index (χ3v) is 5.94. The lowest BCUT2D eigenvalue weighted by Crippen LogP contribution is -2.42. The molecule has 0 bridgehead atoms. The van der Waals surface area contributed by atoms with Gasteiger partial charge in [0.15, 0.2) is 9.84 Å². The molecule has 7 heteroatoms. The van der Waals surface area contributed by atoms with Crippen LogP contribution in [0.1, 0.15) is 17.7 Å². The molecule has 1 atom stereocenters. The quantitative estimate of drug-likeness (QED) is 0.809. The maximum atomic E-state index is 12.4. The van der Waals surface area contributed by atoms with E-state index >= 15 is 0 Å². The molecule has 0 saturated carbocycles. The van der Waals surface area contributed by atoms with Crippen molar-refractivity contribution >= 4 is 15.7 Å². The molecule has 3 rings (SSSR count). The van der Waals surface area contributed by atoms with E-state index in [0.717, 1.165) is 11.3 Å². The normalized spacial score (nSPS) is 19.2. The molecule has 1 N–H and O–H groups in total. The molecule has 25 heavy (non-hydrogen) atoms. The maximum absolute atomic E-state index is 12.4. The minimum Gasteiger partial charge on any atom is -0.468 e. The van der Waals surface area contributed by atoms with Crippen molar-refractivity contribution < 1.29 is 17.6 Å². The Morgan fingerprint density at radius 3 is 2.60 bits per heavy atom. The number of nitrogens with one attached hydrogen (secondary N) is 1. The molecule has 2 aromatic rings. The van der Waals surface area contributed by atoms with Crippen LogP contribution in [0.4, 0.5) is 0 Å². The summed E-state index contributed by atoms with van der Waals surface area (Å²) < 4.78 is 28.4. The van der Waals surface area contributed by atoms with Crippen molar-refractivity contribution in [1.29, 1.82) is 0 Å². The number of rotatable bonds is 7. The minimum atomic E-state index is -3.00. The lowest BCUT2D eigenvalue weighted by Gasteiger charge is -2.22. The predicted octanol–water partition coefficient (Wildman–Crippen LogP) is 1.59. The summed E-state index contributed by atoms with van der Waals surface area (Å²) in [5, 5.41) is 2.84. The number of furan rings is 1. The van der Waals surface area contributed by atoms with Gasteiger partial charge in [-0.15, -0.1) is 0 Å². The average Bonchev–Trinajstić information content (AvgIpc) is 3.17. The van der Waals surface area contributed by atoms with E-state index in [1.165, 1.54) is 0 Å². The number of carbonyl (C=O) groups excluding carboxylic acids is 1. The van der Waals surface area contributed by atoms with Crippen molar-refractivity contribution in [3.05, 3.63) is 60.1 Å². The number of benzene rings is 1. The molecule has 0 aliphatic carbocycles. The molecule has 1 fully saturated rings. The average molecular weight is 362 g/mol. The minimum absolute atomic E-state index is 0.0373. The Morgan fingerprint density at radius 2 is 1.96 bits per heavy atom. The summed E-state index contributed by atoms with van der Waals surface area (Å²) in [7, 11) is -3.00. The van der Waals surface area contributed by atoms with E-state index in [1.807, 2.05) is 47.4 Å². The van der Waals surface area contributed by atoms with Crippen LogP contribution in [0, 0.1) is 0 Å². The monoisotopic (exact) mass is 362 g/mol. The molecule has 0 radical (unpaired) electrons. The van der Waals surface area contributed by atoms with Gasteiger partial charge in [0.2, 0.25) is 5.91 Å². The van der Waals surface area contributed by atoms with Crippen molar-refractivity contribution in [1.82, 2.24) is 10.2 Å². The zero-order chi connectivity index (χ0) is 17.7. The van der Waals surface area contributed by atoms with Crippen molar-refractivity contribution in [2.75, 3.05) is 18.1 Å². The summed E-state index contributed by atoms with van der Waals surface area (Å²) >= 11 is 0. The second-order valence-corrected chi connectivity index (χ2v) is 8.61. The van der Waals surface area contributed by atoms with E-state index in [9.17, 15) is 13.2 Å². The van der Waals surface area contributed by atoms with Gasteiger partial charge in [-0.3, -0.25) is 9.69 Å². The fourth-order valence-corrected chi connectivity index (χ4v) is 4.69. The SMILES string of the molecule is O=C(CN(Cc1ccccc1)Cc1ccco1)N[C@@H]1CCS(=O)(=O)C1. The maximum Gasteiger partial charge on any atom is 0.234 e. The van der Waals surface area contributed by atoms with Gasteiger partial charge < -0.3 is 9.73 Å². The first kappa shape index (κ1) is 17.7. The molecule has 2 heterocycles. The molecule has 0 spiro atoms. The van der Waals surface area contributed by atoms with Gasteiger partial charge in [0, 0.05) is 12.6 Å². The molecule has 1 aliphatic rings. The van der Waals surface area contributed by atoms with E-state index < -0.39 is 9.84 Å². The first-order valence-corrected chi connectivity index (χ1v) is 10.1. The summed E-state index contributed by atoms with van der Waals surface area (Å²) in [6.45, 7) is 1.31. The summed E-state index contributed by atoms with van der Waals surface area (Å²) in [6.07, 6.45) is 2.10. The van der Waals surface area contributed by atoms with E-state index in [0.29, 0.717) is 19.5 Å². The first-order valence-electron chi connectivity index (χ1n) is 8.29. The fourth-order valence-electron chi connectivity index (χ4n) is 3.02. The third-order valence-electron chi connectivity index (χ3n) is 4.17. The van der Waals surface area contributed by atoms with Gasteiger partial charge in [0.25, 0.3) is 0 Å². The lowest BCUT2D eigenvalue weighted by atomic mass is 10.2. The second kappa shape index (κ2) is 7.84. The molecular formula is C18H22N2O4S. The molecule has 1 aromatic carbocycles. The van der Waals surface area contributed by atoms with Crippen LogP contribution >= 0.6 is 0 Å². The van der Waals surface area contributed by atoms with Crippen molar-refractivity contribution in [2.24, 2.45) is 0 Å². The highest BCUT2D eigenvalue weighted by Crippen LogP contribution is 2.13. The summed E-state index contributed by atoms with van der Waals surface area (Å²) in [5.74, 6) is 0.810. The van der Waals surface area contributed by atoms with E-state index in [4.69, 9.17) is 4.42 Å². The first-order chi connectivity index (χ1) is 12.0. The molecule has 1 aliphatic heterocycles. The highest BCUT2D eigenvalue weighted by Gasteiger charge is 2.29. The Morgan fingerprint density at radius 1 is 1.16 bits per heavy atom. The zero-order valence-electron chi connectivity index (χ0n) is 13.9. The number of nitrogens with zero attached hydrogens (tertiary/aromatic N) is 1. The Labute approximate surface area is 147 Å². The van der Waals surface area contributed by atoms with Crippen LogP contribution in [-0.2, 0) is 27.7 Å². The van der Waals surface area contributed by atoms with Gasteiger partial charge in [0.1, 0.15) is 5.76 Å². The lowest BCUT2D eigenvalue weighted by molar-refractivity contribution is -0.123. The van der Waals surface area contributed by atoms with Crippen LogP contribution in [0.25, 0.3) is 0 Å². The summed E-state index contributed by atoms with van der Waals surface area (Å²) in [4.78, 5) is 14.3. The Bertz CT molecular complexity index is 788. The Hall–Kier alpha value is -2.12. The highest BCUT2D eigenvalue weighted by atomic mass is 32.2. The van der Waals surface area contributed by atoms with Crippen molar-refractivity contribution in [2.45, 2.75) is 25.6 Å². The summed E-state index contributed by atoms with van der Waals surface area (Å²) in [5.41, 5.74) is 1.10. The molecule has 1 saturated heterocycles. The predicted molar refractivity (Wildman–Crippen MR) is 94.5 cm³/mol. The molecule has 6 nitrogen and oxygen atoms in total. The van der Waals surface area contributed by atoms with Crippen LogP contribution < -0.4 is 5.32 Å².